The summed E-state index contributed by atoms with van der Waals surface area (Å²) >= 11 is 0. The van der Waals surface area contributed by atoms with Crippen LogP contribution >= 0.6 is 0 Å². The maximum atomic E-state index is 9.19. The minimum Gasteiger partial charge on any atom is -0.504 e. The Morgan fingerprint density at radius 3 is 2.62 bits per heavy atom. The zero-order valence-corrected chi connectivity index (χ0v) is 7.27. The lowest BCUT2D eigenvalue weighted by atomic mass is 10.0. The van der Waals surface area contributed by atoms with Crippen molar-refractivity contribution in [2.45, 2.75) is 12.5 Å². The molecule has 13 heavy (non-hydrogen) atoms. The quantitative estimate of drug-likeness (QED) is 0.488. The van der Waals surface area contributed by atoms with E-state index in [1.54, 1.807) is 12.1 Å². The maximum absolute atomic E-state index is 9.19. The Balaban J connectivity index is 2.89. The average Bonchev–Trinajstić information content (AvgIpc) is 2.10. The first-order chi connectivity index (χ1) is 6.15. The number of nitrogens with two attached hydrogens (primary N) is 1. The fourth-order valence-electron chi connectivity index (χ4n) is 1.09. The van der Waals surface area contributed by atoms with Gasteiger partial charge in [-0.25, -0.2) is 0 Å². The van der Waals surface area contributed by atoms with Crippen LogP contribution in [0.2, 0.25) is 0 Å². The molecule has 1 rings (SSSR count). The summed E-state index contributed by atoms with van der Waals surface area (Å²) in [5, 5.41) is 18.2. The van der Waals surface area contributed by atoms with Crippen LogP contribution in [0.4, 0.5) is 0 Å². The lowest BCUT2D eigenvalue weighted by Crippen LogP contribution is -2.08. The fraction of sp³-hybridized carbons (Fsp3) is 0.200. The molecule has 3 nitrogen and oxygen atoms in total. The van der Waals surface area contributed by atoms with Crippen molar-refractivity contribution >= 4 is 0 Å². The lowest BCUT2D eigenvalue weighted by molar-refractivity contribution is 0.402. The van der Waals surface area contributed by atoms with E-state index < -0.39 is 0 Å². The Morgan fingerprint density at radius 2 is 2.08 bits per heavy atom. The Labute approximate surface area is 77.1 Å². The van der Waals surface area contributed by atoms with E-state index >= 15 is 0 Å². The topological polar surface area (TPSA) is 66.5 Å². The van der Waals surface area contributed by atoms with Crippen LogP contribution in [0, 0.1) is 0 Å². The summed E-state index contributed by atoms with van der Waals surface area (Å²) in [5.41, 5.74) is 6.55. The third-order valence-corrected chi connectivity index (χ3v) is 1.85. The predicted molar refractivity (Wildman–Crippen MR) is 51.5 cm³/mol. The highest BCUT2D eigenvalue weighted by Crippen LogP contribution is 2.27. The zero-order valence-electron chi connectivity index (χ0n) is 7.27. The standard InChI is InChI=1S/C10H13NO2/c1-2-3-8(11)7-4-5-9(12)10(13)6-7/h2,4-6,8,12-13H,1,3,11H2/t8-/m1/s1. The Morgan fingerprint density at radius 1 is 1.38 bits per heavy atom. The minimum atomic E-state index is -0.177. The Kier molecular flexibility index (Phi) is 2.93. The van der Waals surface area contributed by atoms with E-state index in [0.29, 0.717) is 6.42 Å². The maximum Gasteiger partial charge on any atom is 0.157 e. The molecule has 0 aliphatic carbocycles. The van der Waals surface area contributed by atoms with Crippen molar-refractivity contribution in [3.8, 4) is 11.5 Å². The van der Waals surface area contributed by atoms with Gasteiger partial charge in [-0.1, -0.05) is 12.1 Å². The van der Waals surface area contributed by atoms with Crippen LogP contribution < -0.4 is 5.73 Å². The van der Waals surface area contributed by atoms with E-state index in [4.69, 9.17) is 10.8 Å². The highest BCUT2D eigenvalue weighted by Gasteiger charge is 2.06. The number of rotatable bonds is 3. The van der Waals surface area contributed by atoms with Crippen molar-refractivity contribution in [3.05, 3.63) is 36.4 Å². The Hall–Kier alpha value is -1.48. The summed E-state index contributed by atoms with van der Waals surface area (Å²) in [7, 11) is 0. The van der Waals surface area contributed by atoms with E-state index in [0.717, 1.165) is 5.56 Å². The number of hydrogen-bond donors (Lipinski definition) is 3. The molecule has 0 amide bonds. The molecule has 0 aliphatic rings. The van der Waals surface area contributed by atoms with Gasteiger partial charge in [0.25, 0.3) is 0 Å². The largest absolute Gasteiger partial charge is 0.504 e. The number of phenolic OH excluding ortho intramolecular Hbond substituents is 2. The minimum absolute atomic E-state index is 0.130. The molecule has 70 valence electrons. The molecular weight excluding hydrogens is 166 g/mol. The van der Waals surface area contributed by atoms with Crippen molar-refractivity contribution in [1.29, 1.82) is 0 Å². The highest BCUT2D eigenvalue weighted by atomic mass is 16.3. The molecule has 1 aromatic rings. The van der Waals surface area contributed by atoms with Crippen LogP contribution in [0.5, 0.6) is 11.5 Å². The smallest absolute Gasteiger partial charge is 0.157 e. The van der Waals surface area contributed by atoms with Gasteiger partial charge in [0.2, 0.25) is 0 Å². The molecule has 3 heteroatoms. The molecule has 0 saturated carbocycles. The first-order valence-electron chi connectivity index (χ1n) is 4.03. The predicted octanol–water partition coefficient (Wildman–Crippen LogP) is 1.67. The summed E-state index contributed by atoms with van der Waals surface area (Å²) in [6.45, 7) is 3.57. The van der Waals surface area contributed by atoms with Gasteiger partial charge in [0.15, 0.2) is 11.5 Å². The zero-order chi connectivity index (χ0) is 9.84. The van der Waals surface area contributed by atoms with Gasteiger partial charge in [-0.15, -0.1) is 6.58 Å². The molecule has 0 bridgehead atoms. The molecule has 0 aliphatic heterocycles. The SMILES string of the molecule is C=CC[C@@H](N)c1ccc(O)c(O)c1. The lowest BCUT2D eigenvalue weighted by Gasteiger charge is -2.09. The summed E-state index contributed by atoms with van der Waals surface area (Å²) in [5.74, 6) is -0.272. The number of phenols is 2. The summed E-state index contributed by atoms with van der Waals surface area (Å²) in [6.07, 6.45) is 2.36. The highest BCUT2D eigenvalue weighted by molar-refractivity contribution is 5.41. The average molecular weight is 179 g/mol. The summed E-state index contributed by atoms with van der Waals surface area (Å²) < 4.78 is 0. The first-order valence-corrected chi connectivity index (χ1v) is 4.03. The van der Waals surface area contributed by atoms with Crippen LogP contribution in [-0.4, -0.2) is 10.2 Å². The van der Waals surface area contributed by atoms with Crippen LogP contribution in [0.1, 0.15) is 18.0 Å². The monoisotopic (exact) mass is 179 g/mol. The third kappa shape index (κ3) is 2.23. The van der Waals surface area contributed by atoms with E-state index in [2.05, 4.69) is 6.58 Å². The van der Waals surface area contributed by atoms with Crippen LogP contribution in [-0.2, 0) is 0 Å². The molecule has 1 atom stereocenters. The molecule has 1 aromatic carbocycles. The van der Waals surface area contributed by atoms with Gasteiger partial charge in [-0.2, -0.15) is 0 Å². The molecule has 0 saturated heterocycles. The molecule has 0 radical (unpaired) electrons. The first kappa shape index (κ1) is 9.61. The molecule has 0 unspecified atom stereocenters. The number of aromatic hydroxyl groups is 2. The number of benzene rings is 1. The van der Waals surface area contributed by atoms with Gasteiger partial charge in [0, 0.05) is 6.04 Å². The fourth-order valence-corrected chi connectivity index (χ4v) is 1.09. The van der Waals surface area contributed by atoms with Crippen LogP contribution in [0.25, 0.3) is 0 Å². The van der Waals surface area contributed by atoms with E-state index in [1.165, 1.54) is 12.1 Å². The summed E-state index contributed by atoms with van der Waals surface area (Å²) in [4.78, 5) is 0. The van der Waals surface area contributed by atoms with Crippen LogP contribution in [0.15, 0.2) is 30.9 Å². The second kappa shape index (κ2) is 3.96. The van der Waals surface area contributed by atoms with Crippen LogP contribution in [0.3, 0.4) is 0 Å². The second-order valence-electron chi connectivity index (χ2n) is 2.88. The Bertz CT molecular complexity index is 310. The van der Waals surface area contributed by atoms with Crippen molar-refractivity contribution in [1.82, 2.24) is 0 Å². The van der Waals surface area contributed by atoms with Gasteiger partial charge in [-0.3, -0.25) is 0 Å². The van der Waals surface area contributed by atoms with Crippen molar-refractivity contribution in [2.24, 2.45) is 5.73 Å². The van der Waals surface area contributed by atoms with Gasteiger partial charge in [0.05, 0.1) is 0 Å². The van der Waals surface area contributed by atoms with Crippen molar-refractivity contribution in [2.75, 3.05) is 0 Å². The second-order valence-corrected chi connectivity index (χ2v) is 2.88. The van der Waals surface area contributed by atoms with Gasteiger partial charge < -0.3 is 15.9 Å². The molecule has 0 aromatic heterocycles. The van der Waals surface area contributed by atoms with E-state index in [9.17, 15) is 5.11 Å². The molecule has 4 N–H and O–H groups in total. The van der Waals surface area contributed by atoms with Gasteiger partial charge in [-0.05, 0) is 24.1 Å². The van der Waals surface area contributed by atoms with Gasteiger partial charge >= 0.3 is 0 Å². The van der Waals surface area contributed by atoms with Gasteiger partial charge in [0.1, 0.15) is 0 Å². The van der Waals surface area contributed by atoms with Crippen molar-refractivity contribution in [3.63, 3.8) is 0 Å². The molecular formula is C10H13NO2. The van der Waals surface area contributed by atoms with E-state index in [1.807, 2.05) is 0 Å². The summed E-state index contributed by atoms with van der Waals surface area (Å²) in [6, 6.07) is 4.39. The van der Waals surface area contributed by atoms with Crippen molar-refractivity contribution < 1.29 is 10.2 Å². The normalized spacial score (nSPS) is 12.4. The number of hydrogen-bond acceptors (Lipinski definition) is 3. The third-order valence-electron chi connectivity index (χ3n) is 1.85. The van der Waals surface area contributed by atoms with E-state index in [-0.39, 0.29) is 17.5 Å². The molecule has 0 fully saturated rings. The molecule has 0 spiro atoms. The molecule has 0 heterocycles.